The van der Waals surface area contributed by atoms with Crippen molar-refractivity contribution >= 4 is 0 Å². The van der Waals surface area contributed by atoms with E-state index in [9.17, 15) is 0 Å². The summed E-state index contributed by atoms with van der Waals surface area (Å²) in [5.41, 5.74) is 1.32. The van der Waals surface area contributed by atoms with Gasteiger partial charge in [-0.3, -0.25) is 0 Å². The first-order valence-corrected chi connectivity index (χ1v) is 7.16. The normalized spacial score (nSPS) is 14.1. The Morgan fingerprint density at radius 3 is 2.47 bits per heavy atom. The molecule has 0 fully saturated rings. The van der Waals surface area contributed by atoms with Crippen molar-refractivity contribution in [3.05, 3.63) is 29.8 Å². The second-order valence-electron chi connectivity index (χ2n) is 5.15. The van der Waals surface area contributed by atoms with E-state index in [1.54, 1.807) is 7.11 Å². The summed E-state index contributed by atoms with van der Waals surface area (Å²) in [5.74, 6) is 1.47. The number of rotatable bonds is 9. The maximum Gasteiger partial charge on any atom is 0.118 e. The molecule has 1 aromatic carbocycles. The molecule has 0 saturated carbocycles. The Balaban J connectivity index is 2.35. The lowest BCUT2D eigenvalue weighted by atomic mass is 10.0. The first-order chi connectivity index (χ1) is 9.19. The summed E-state index contributed by atoms with van der Waals surface area (Å²) >= 11 is 0. The number of hydrogen-bond donors (Lipinski definition) is 2. The van der Waals surface area contributed by atoms with Gasteiger partial charge in [0.25, 0.3) is 0 Å². The average Bonchev–Trinajstić information content (AvgIpc) is 2.44. The minimum atomic E-state index is 0.285. The van der Waals surface area contributed by atoms with Gasteiger partial charge in [0, 0.05) is 12.6 Å². The van der Waals surface area contributed by atoms with Crippen molar-refractivity contribution in [2.75, 3.05) is 20.3 Å². The van der Waals surface area contributed by atoms with Crippen LogP contribution in [0.15, 0.2) is 24.3 Å². The van der Waals surface area contributed by atoms with E-state index in [-0.39, 0.29) is 6.61 Å². The van der Waals surface area contributed by atoms with E-state index in [0.717, 1.165) is 31.6 Å². The highest BCUT2D eigenvalue weighted by atomic mass is 16.5. The van der Waals surface area contributed by atoms with Gasteiger partial charge in [-0.1, -0.05) is 25.5 Å². The zero-order valence-corrected chi connectivity index (χ0v) is 12.4. The number of methoxy groups -OCH3 is 1. The van der Waals surface area contributed by atoms with Crippen LogP contribution in [0.3, 0.4) is 0 Å². The molecule has 0 amide bonds. The van der Waals surface area contributed by atoms with Crippen LogP contribution in [0, 0.1) is 5.92 Å². The molecule has 108 valence electrons. The third-order valence-electron chi connectivity index (χ3n) is 3.57. The highest BCUT2D eigenvalue weighted by molar-refractivity contribution is 5.27. The highest BCUT2D eigenvalue weighted by Gasteiger charge is 2.08. The first kappa shape index (κ1) is 16.0. The third-order valence-corrected chi connectivity index (χ3v) is 3.57. The minimum absolute atomic E-state index is 0.285. The van der Waals surface area contributed by atoms with E-state index in [1.807, 2.05) is 12.1 Å². The molecule has 3 heteroatoms. The second-order valence-corrected chi connectivity index (χ2v) is 5.15. The van der Waals surface area contributed by atoms with Crippen molar-refractivity contribution in [1.82, 2.24) is 5.32 Å². The Hall–Kier alpha value is -1.06. The van der Waals surface area contributed by atoms with E-state index in [1.165, 1.54) is 5.56 Å². The van der Waals surface area contributed by atoms with Gasteiger partial charge >= 0.3 is 0 Å². The van der Waals surface area contributed by atoms with Crippen molar-refractivity contribution < 1.29 is 9.84 Å². The molecule has 2 atom stereocenters. The van der Waals surface area contributed by atoms with E-state index in [0.29, 0.717) is 12.0 Å². The topological polar surface area (TPSA) is 41.5 Å². The molecule has 19 heavy (non-hydrogen) atoms. The van der Waals surface area contributed by atoms with Gasteiger partial charge in [-0.2, -0.15) is 0 Å². The quantitative estimate of drug-likeness (QED) is 0.721. The second kappa shape index (κ2) is 8.94. The summed E-state index contributed by atoms with van der Waals surface area (Å²) in [4.78, 5) is 0. The predicted molar refractivity (Wildman–Crippen MR) is 79.6 cm³/mol. The molecule has 0 saturated heterocycles. The van der Waals surface area contributed by atoms with Crippen molar-refractivity contribution in [3.8, 4) is 5.75 Å². The summed E-state index contributed by atoms with van der Waals surface area (Å²) in [6.45, 7) is 5.65. The summed E-state index contributed by atoms with van der Waals surface area (Å²) in [7, 11) is 1.69. The van der Waals surface area contributed by atoms with Gasteiger partial charge in [-0.05, 0) is 49.9 Å². The highest BCUT2D eigenvalue weighted by Crippen LogP contribution is 2.13. The standard InChI is InChI=1S/C16H27NO2/c1-4-14(9-10-18)12-17-13(2)11-15-5-7-16(19-3)8-6-15/h5-8,13-14,17-18H,4,9-12H2,1-3H3. The van der Waals surface area contributed by atoms with Crippen LogP contribution in [0.2, 0.25) is 0 Å². The third kappa shape index (κ3) is 6.08. The first-order valence-electron chi connectivity index (χ1n) is 7.16. The number of hydrogen-bond acceptors (Lipinski definition) is 3. The summed E-state index contributed by atoms with van der Waals surface area (Å²) in [6.07, 6.45) is 3.02. The van der Waals surface area contributed by atoms with Gasteiger partial charge in [-0.25, -0.2) is 0 Å². The Morgan fingerprint density at radius 2 is 1.95 bits per heavy atom. The van der Waals surface area contributed by atoms with Gasteiger partial charge in [0.2, 0.25) is 0 Å². The molecule has 0 spiro atoms. The maximum absolute atomic E-state index is 8.98. The van der Waals surface area contributed by atoms with Gasteiger partial charge < -0.3 is 15.2 Å². The van der Waals surface area contributed by atoms with Crippen molar-refractivity contribution in [2.24, 2.45) is 5.92 Å². The largest absolute Gasteiger partial charge is 0.497 e. The lowest BCUT2D eigenvalue weighted by Crippen LogP contribution is -2.33. The summed E-state index contributed by atoms with van der Waals surface area (Å²) < 4.78 is 5.16. The van der Waals surface area contributed by atoms with Crippen molar-refractivity contribution in [2.45, 2.75) is 39.2 Å². The monoisotopic (exact) mass is 265 g/mol. The minimum Gasteiger partial charge on any atom is -0.497 e. The molecule has 0 heterocycles. The Labute approximate surface area is 117 Å². The van der Waals surface area contributed by atoms with Gasteiger partial charge in [0.1, 0.15) is 5.75 Å². The molecule has 2 unspecified atom stereocenters. The number of benzene rings is 1. The molecule has 3 nitrogen and oxygen atoms in total. The van der Waals surface area contributed by atoms with Crippen molar-refractivity contribution in [3.63, 3.8) is 0 Å². The summed E-state index contributed by atoms with van der Waals surface area (Å²) in [5, 5.41) is 12.5. The predicted octanol–water partition coefficient (Wildman–Crippen LogP) is 2.62. The van der Waals surface area contributed by atoms with Crippen LogP contribution >= 0.6 is 0 Å². The molecule has 1 aromatic rings. The molecule has 0 radical (unpaired) electrons. The lowest BCUT2D eigenvalue weighted by molar-refractivity contribution is 0.249. The van der Waals surface area contributed by atoms with Crippen LogP contribution in [0.5, 0.6) is 5.75 Å². The Morgan fingerprint density at radius 1 is 1.26 bits per heavy atom. The average molecular weight is 265 g/mol. The molecular weight excluding hydrogens is 238 g/mol. The van der Waals surface area contributed by atoms with Crippen LogP contribution in [-0.2, 0) is 6.42 Å². The van der Waals surface area contributed by atoms with Crippen molar-refractivity contribution in [1.29, 1.82) is 0 Å². The molecule has 0 aliphatic rings. The fourth-order valence-electron chi connectivity index (χ4n) is 2.19. The molecular formula is C16H27NO2. The molecule has 0 aromatic heterocycles. The Bertz CT molecular complexity index is 337. The van der Waals surface area contributed by atoms with E-state index < -0.39 is 0 Å². The number of nitrogens with one attached hydrogen (secondary N) is 1. The van der Waals surface area contributed by atoms with Gasteiger partial charge in [0.15, 0.2) is 0 Å². The molecule has 2 N–H and O–H groups in total. The fourth-order valence-corrected chi connectivity index (χ4v) is 2.19. The van der Waals surface area contributed by atoms with Crippen LogP contribution in [0.25, 0.3) is 0 Å². The maximum atomic E-state index is 8.98. The number of ether oxygens (including phenoxy) is 1. The molecule has 1 rings (SSSR count). The number of aliphatic hydroxyl groups excluding tert-OH is 1. The molecule has 0 bridgehead atoms. The van der Waals surface area contributed by atoms with Gasteiger partial charge in [0.05, 0.1) is 7.11 Å². The van der Waals surface area contributed by atoms with Gasteiger partial charge in [-0.15, -0.1) is 0 Å². The fraction of sp³-hybridized carbons (Fsp3) is 0.625. The SMILES string of the molecule is CCC(CCO)CNC(C)Cc1ccc(OC)cc1. The molecule has 0 aliphatic heterocycles. The number of aliphatic hydroxyl groups is 1. The van der Waals surface area contributed by atoms with E-state index in [2.05, 4.69) is 31.3 Å². The summed E-state index contributed by atoms with van der Waals surface area (Å²) in [6, 6.07) is 8.68. The molecule has 0 aliphatic carbocycles. The van der Waals surface area contributed by atoms with Crippen LogP contribution in [0.1, 0.15) is 32.3 Å². The zero-order valence-electron chi connectivity index (χ0n) is 12.4. The zero-order chi connectivity index (χ0) is 14.1. The van der Waals surface area contributed by atoms with Crippen LogP contribution in [-0.4, -0.2) is 31.4 Å². The lowest BCUT2D eigenvalue weighted by Gasteiger charge is -2.19. The smallest absolute Gasteiger partial charge is 0.118 e. The van der Waals surface area contributed by atoms with Crippen LogP contribution in [0.4, 0.5) is 0 Å². The van der Waals surface area contributed by atoms with E-state index in [4.69, 9.17) is 9.84 Å². The van der Waals surface area contributed by atoms with Crippen LogP contribution < -0.4 is 10.1 Å². The Kier molecular flexibility index (Phi) is 7.53. The van der Waals surface area contributed by atoms with E-state index >= 15 is 0 Å².